The van der Waals surface area contributed by atoms with E-state index in [0.717, 1.165) is 23.3 Å². The van der Waals surface area contributed by atoms with E-state index in [1.807, 2.05) is 18.2 Å². The minimum absolute atomic E-state index is 0.0199. The van der Waals surface area contributed by atoms with Gasteiger partial charge in [0.25, 0.3) is 0 Å². The number of carbonyl (C=O) groups excluding carboxylic acids is 1. The van der Waals surface area contributed by atoms with Gasteiger partial charge < -0.3 is 14.7 Å². The number of carboxylic acids is 1. The van der Waals surface area contributed by atoms with Gasteiger partial charge in [0.05, 0.1) is 6.42 Å². The summed E-state index contributed by atoms with van der Waals surface area (Å²) in [5.41, 5.74) is 4.18. The van der Waals surface area contributed by atoms with Crippen molar-refractivity contribution in [1.29, 1.82) is 0 Å². The fourth-order valence-corrected chi connectivity index (χ4v) is 5.11. The molecule has 194 valence electrons. The van der Waals surface area contributed by atoms with Crippen LogP contribution in [0.15, 0.2) is 65.1 Å². The van der Waals surface area contributed by atoms with Crippen LogP contribution in [0.4, 0.5) is 4.39 Å². The van der Waals surface area contributed by atoms with E-state index in [2.05, 4.69) is 61.0 Å². The molecule has 1 N–H and O–H groups in total. The highest BCUT2D eigenvalue weighted by atomic mass is 79.9. The Bertz CT molecular complexity index is 1310. The Balaban J connectivity index is 1.45. The molecule has 0 fully saturated rings. The molecule has 1 amide bonds. The van der Waals surface area contributed by atoms with Gasteiger partial charge in [0.1, 0.15) is 23.7 Å². The second-order valence-electron chi connectivity index (χ2n) is 10.3. The maximum absolute atomic E-state index is 14.3. The summed E-state index contributed by atoms with van der Waals surface area (Å²) in [5.74, 6) is -0.734. The highest BCUT2D eigenvalue weighted by Crippen LogP contribution is 2.37. The van der Waals surface area contributed by atoms with Gasteiger partial charge in [0, 0.05) is 29.4 Å². The smallest absolute Gasteiger partial charge is 0.323 e. The summed E-state index contributed by atoms with van der Waals surface area (Å²) in [6, 6.07) is 18.8. The summed E-state index contributed by atoms with van der Waals surface area (Å²) in [7, 11) is 0. The number of benzene rings is 3. The third kappa shape index (κ3) is 6.77. The van der Waals surface area contributed by atoms with Crippen molar-refractivity contribution in [3.05, 3.63) is 98.8 Å². The van der Waals surface area contributed by atoms with E-state index in [9.17, 15) is 19.1 Å². The second kappa shape index (κ2) is 11.1. The van der Waals surface area contributed by atoms with Crippen molar-refractivity contribution in [2.24, 2.45) is 0 Å². The Morgan fingerprint density at radius 3 is 2.43 bits per heavy atom. The normalized spacial score (nSPS) is 16.4. The van der Waals surface area contributed by atoms with Crippen molar-refractivity contribution in [1.82, 2.24) is 4.90 Å². The first-order valence-electron chi connectivity index (χ1n) is 12.3. The molecule has 4 rings (SSSR count). The zero-order chi connectivity index (χ0) is 26.7. The molecule has 0 aliphatic carbocycles. The third-order valence-corrected chi connectivity index (χ3v) is 7.17. The van der Waals surface area contributed by atoms with Crippen LogP contribution < -0.4 is 4.74 Å². The monoisotopic (exact) mass is 567 g/mol. The number of ether oxygens (including phenoxy) is 1. The molecule has 0 radical (unpaired) electrons. The van der Waals surface area contributed by atoms with Crippen LogP contribution >= 0.6 is 15.9 Å². The third-order valence-electron chi connectivity index (χ3n) is 6.68. The van der Waals surface area contributed by atoms with Crippen LogP contribution in [0, 0.1) is 5.82 Å². The summed E-state index contributed by atoms with van der Waals surface area (Å²) >= 11 is 3.21. The van der Waals surface area contributed by atoms with Gasteiger partial charge in [-0.1, -0.05) is 72.2 Å². The van der Waals surface area contributed by atoms with Gasteiger partial charge in [-0.2, -0.15) is 0 Å². The summed E-state index contributed by atoms with van der Waals surface area (Å²) in [6.45, 7) is 5.82. The number of aliphatic carboxylic acids is 1. The Labute approximate surface area is 225 Å². The van der Waals surface area contributed by atoms with Gasteiger partial charge in [0.2, 0.25) is 5.91 Å². The predicted molar refractivity (Wildman–Crippen MR) is 144 cm³/mol. The average molecular weight is 568 g/mol. The number of rotatable bonds is 9. The van der Waals surface area contributed by atoms with Crippen molar-refractivity contribution in [3.8, 4) is 5.75 Å². The highest BCUT2D eigenvalue weighted by molar-refractivity contribution is 9.10. The molecule has 3 aromatic rings. The lowest BCUT2D eigenvalue weighted by atomic mass is 9.90. The second-order valence-corrected chi connectivity index (χ2v) is 11.2. The SMILES string of the molecule is CC(C)c1ccc(C[C@@]2(C)Cc3cc(CC(=O)N(CC(=O)O)Cc4ccc(Br)cc4F)ccc3O2)cc1. The molecule has 0 spiro atoms. The minimum Gasteiger partial charge on any atom is -0.487 e. The summed E-state index contributed by atoms with van der Waals surface area (Å²) in [5, 5.41) is 9.33. The molecule has 1 atom stereocenters. The van der Waals surface area contributed by atoms with Gasteiger partial charge in [-0.3, -0.25) is 9.59 Å². The lowest BCUT2D eigenvalue weighted by molar-refractivity contribution is -0.144. The number of amides is 1. The zero-order valence-corrected chi connectivity index (χ0v) is 22.8. The van der Waals surface area contributed by atoms with Gasteiger partial charge in [-0.15, -0.1) is 0 Å². The topological polar surface area (TPSA) is 66.8 Å². The number of carboxylic acid groups (broad SMARTS) is 1. The van der Waals surface area contributed by atoms with Gasteiger partial charge in [0.15, 0.2) is 0 Å². The Hall–Kier alpha value is -3.19. The van der Waals surface area contributed by atoms with E-state index >= 15 is 0 Å². The van der Waals surface area contributed by atoms with Crippen LogP contribution in [0.1, 0.15) is 54.5 Å². The van der Waals surface area contributed by atoms with Crippen LogP contribution in [0.5, 0.6) is 5.75 Å². The standard InChI is InChI=1S/C30H31BrFNO4/c1-19(2)22-7-4-20(5-8-22)15-30(3)16-24-12-21(6-11-27(24)37-30)13-28(34)33(18-29(35)36)17-23-9-10-25(31)14-26(23)32/h4-12,14,19H,13,15-18H2,1-3H3,(H,35,36)/t30-/m0/s1. The molecule has 1 aliphatic rings. The van der Waals surface area contributed by atoms with Crippen LogP contribution in [0.2, 0.25) is 0 Å². The summed E-state index contributed by atoms with van der Waals surface area (Å²) in [4.78, 5) is 25.7. The van der Waals surface area contributed by atoms with Crippen molar-refractivity contribution in [2.45, 2.75) is 58.1 Å². The maximum atomic E-state index is 14.3. The van der Waals surface area contributed by atoms with Crippen molar-refractivity contribution in [2.75, 3.05) is 6.54 Å². The molecule has 0 saturated carbocycles. The van der Waals surface area contributed by atoms with E-state index in [-0.39, 0.29) is 24.4 Å². The fraction of sp³-hybridized carbons (Fsp3) is 0.333. The maximum Gasteiger partial charge on any atom is 0.323 e. The number of carbonyl (C=O) groups is 2. The zero-order valence-electron chi connectivity index (χ0n) is 21.3. The predicted octanol–water partition coefficient (Wildman–Crippen LogP) is 6.30. The first-order valence-corrected chi connectivity index (χ1v) is 13.1. The highest BCUT2D eigenvalue weighted by Gasteiger charge is 2.35. The number of fused-ring (bicyclic) bond motifs is 1. The van der Waals surface area contributed by atoms with Crippen molar-refractivity contribution < 1.29 is 23.8 Å². The molecule has 1 heterocycles. The van der Waals surface area contributed by atoms with Crippen LogP contribution in [-0.4, -0.2) is 34.0 Å². The lowest BCUT2D eigenvalue weighted by Crippen LogP contribution is -2.36. The first kappa shape index (κ1) is 26.9. The van der Waals surface area contributed by atoms with Crippen LogP contribution in [-0.2, 0) is 35.4 Å². The van der Waals surface area contributed by atoms with Gasteiger partial charge in [-0.25, -0.2) is 4.39 Å². The average Bonchev–Trinajstić information content (AvgIpc) is 3.15. The lowest BCUT2D eigenvalue weighted by Gasteiger charge is -2.24. The Morgan fingerprint density at radius 1 is 1.08 bits per heavy atom. The van der Waals surface area contributed by atoms with Crippen LogP contribution in [0.25, 0.3) is 0 Å². The minimum atomic E-state index is -1.15. The number of nitrogens with zero attached hydrogens (tertiary/aromatic N) is 1. The van der Waals surface area contributed by atoms with Crippen LogP contribution in [0.3, 0.4) is 0 Å². The molecule has 0 bridgehead atoms. The van der Waals surface area contributed by atoms with E-state index in [0.29, 0.717) is 16.8 Å². The number of hydrogen-bond donors (Lipinski definition) is 1. The molecule has 1 aliphatic heterocycles. The van der Waals surface area contributed by atoms with E-state index < -0.39 is 23.9 Å². The van der Waals surface area contributed by atoms with Crippen molar-refractivity contribution in [3.63, 3.8) is 0 Å². The molecule has 7 heteroatoms. The Morgan fingerprint density at radius 2 is 1.78 bits per heavy atom. The summed E-state index contributed by atoms with van der Waals surface area (Å²) in [6.07, 6.45) is 1.49. The fourth-order valence-electron chi connectivity index (χ4n) is 4.77. The first-order chi connectivity index (χ1) is 17.5. The Kier molecular flexibility index (Phi) is 8.02. The van der Waals surface area contributed by atoms with E-state index in [1.165, 1.54) is 22.1 Å². The van der Waals surface area contributed by atoms with Crippen molar-refractivity contribution >= 4 is 27.8 Å². The number of hydrogen-bond acceptors (Lipinski definition) is 3. The van der Waals surface area contributed by atoms with Gasteiger partial charge in [-0.05, 0) is 53.3 Å². The molecule has 3 aromatic carbocycles. The van der Waals surface area contributed by atoms with Gasteiger partial charge >= 0.3 is 5.97 Å². The molecule has 0 unspecified atom stereocenters. The van der Waals surface area contributed by atoms with E-state index in [4.69, 9.17) is 4.74 Å². The largest absolute Gasteiger partial charge is 0.487 e. The summed E-state index contributed by atoms with van der Waals surface area (Å²) < 4.78 is 21.2. The molecular formula is C30H31BrFNO4. The molecular weight excluding hydrogens is 537 g/mol. The molecule has 37 heavy (non-hydrogen) atoms. The molecule has 0 saturated heterocycles. The van der Waals surface area contributed by atoms with E-state index in [1.54, 1.807) is 12.1 Å². The number of halogens is 2. The molecule has 0 aromatic heterocycles. The molecule has 5 nitrogen and oxygen atoms in total. The quantitative estimate of drug-likeness (QED) is 0.329.